The highest BCUT2D eigenvalue weighted by atomic mass is 32.2. The van der Waals surface area contributed by atoms with Gasteiger partial charge in [0.05, 0.1) is 12.3 Å². The van der Waals surface area contributed by atoms with Gasteiger partial charge in [-0.05, 0) is 19.1 Å². The van der Waals surface area contributed by atoms with Crippen LogP contribution in [0, 0.1) is 0 Å². The summed E-state index contributed by atoms with van der Waals surface area (Å²) < 4.78 is 25.6. The van der Waals surface area contributed by atoms with Gasteiger partial charge in [-0.2, -0.15) is 4.31 Å². The molecule has 0 spiro atoms. The molecular weight excluding hydrogens is 242 g/mol. The molecule has 1 aromatic rings. The number of aliphatic hydroxyl groups excluding tert-OH is 1. The Kier molecular flexibility index (Phi) is 4.47. The Bertz CT molecular complexity index is 475. The molecule has 0 aliphatic carbocycles. The number of rotatable bonds is 5. The fourth-order valence-corrected chi connectivity index (χ4v) is 2.82. The zero-order valence-electron chi connectivity index (χ0n) is 9.79. The average Bonchev–Trinajstić information content (AvgIpc) is 2.36. The summed E-state index contributed by atoms with van der Waals surface area (Å²) in [6.45, 7) is 1.38. The molecule has 1 aromatic carbocycles. The lowest BCUT2D eigenvalue weighted by Gasteiger charge is -2.23. The fourth-order valence-electron chi connectivity index (χ4n) is 1.32. The number of hydrogen-bond acceptors (Lipinski definition) is 5. The molecule has 0 bridgehead atoms. The summed E-state index contributed by atoms with van der Waals surface area (Å²) in [5, 5.41) is 9.00. The number of nitrogen functional groups attached to an aromatic ring is 1. The quantitative estimate of drug-likeness (QED) is 0.510. The van der Waals surface area contributed by atoms with Crippen molar-refractivity contribution in [3.8, 4) is 0 Å². The second kappa shape index (κ2) is 5.46. The van der Waals surface area contributed by atoms with Crippen LogP contribution in [0.3, 0.4) is 0 Å². The predicted octanol–water partition coefficient (Wildman–Crippen LogP) is -0.0265. The third kappa shape index (κ3) is 2.75. The van der Waals surface area contributed by atoms with Gasteiger partial charge in [0.15, 0.2) is 0 Å². The number of nitrogens with two attached hydrogens (primary N) is 1. The van der Waals surface area contributed by atoms with E-state index >= 15 is 0 Å². The largest absolute Gasteiger partial charge is 0.395 e. The molecule has 0 saturated carbocycles. The van der Waals surface area contributed by atoms with Crippen LogP contribution in [-0.4, -0.2) is 37.5 Å². The Morgan fingerprint density at radius 2 is 2.06 bits per heavy atom. The van der Waals surface area contributed by atoms with Crippen molar-refractivity contribution in [1.82, 2.24) is 4.31 Å². The van der Waals surface area contributed by atoms with Crippen LogP contribution in [0.2, 0.25) is 0 Å². The maximum Gasteiger partial charge on any atom is 0.245 e. The summed E-state index contributed by atoms with van der Waals surface area (Å²) in [6, 6.07) is 5.84. The van der Waals surface area contributed by atoms with Crippen molar-refractivity contribution >= 4 is 15.7 Å². The van der Waals surface area contributed by atoms with Crippen LogP contribution in [0.25, 0.3) is 0 Å². The summed E-state index contributed by atoms with van der Waals surface area (Å²) >= 11 is 0. The van der Waals surface area contributed by atoms with E-state index in [1.165, 1.54) is 13.1 Å². The monoisotopic (exact) mass is 259 g/mol. The fraction of sp³-hybridized carbons (Fsp3) is 0.400. The lowest BCUT2D eigenvalue weighted by molar-refractivity contribution is 0.214. The van der Waals surface area contributed by atoms with E-state index in [0.29, 0.717) is 5.69 Å². The van der Waals surface area contributed by atoms with Crippen LogP contribution < -0.4 is 11.3 Å². The van der Waals surface area contributed by atoms with Gasteiger partial charge in [-0.1, -0.05) is 12.1 Å². The SMILES string of the molecule is CC(CO)N(C)S(=O)(=O)c1ccccc1NN. The molecule has 96 valence electrons. The van der Waals surface area contributed by atoms with Crippen LogP contribution in [0.15, 0.2) is 29.2 Å². The van der Waals surface area contributed by atoms with Crippen LogP contribution in [-0.2, 0) is 10.0 Å². The van der Waals surface area contributed by atoms with Crippen molar-refractivity contribution in [2.24, 2.45) is 5.84 Å². The van der Waals surface area contributed by atoms with Crippen molar-refractivity contribution in [3.05, 3.63) is 24.3 Å². The van der Waals surface area contributed by atoms with Crippen molar-refractivity contribution in [1.29, 1.82) is 0 Å². The molecule has 0 amide bonds. The molecule has 0 aliphatic heterocycles. The summed E-state index contributed by atoms with van der Waals surface area (Å²) in [6.07, 6.45) is 0. The minimum Gasteiger partial charge on any atom is -0.395 e. The molecule has 1 atom stereocenters. The van der Waals surface area contributed by atoms with E-state index < -0.39 is 16.1 Å². The standard InChI is InChI=1S/C10H17N3O3S/c1-8(7-14)13(2)17(15,16)10-6-4-3-5-9(10)12-11/h3-6,8,12,14H,7,11H2,1-2H3. The minimum absolute atomic E-state index is 0.0882. The van der Waals surface area contributed by atoms with Gasteiger partial charge in [0, 0.05) is 13.1 Å². The molecule has 0 radical (unpaired) electrons. The van der Waals surface area contributed by atoms with Crippen molar-refractivity contribution < 1.29 is 13.5 Å². The van der Waals surface area contributed by atoms with Gasteiger partial charge >= 0.3 is 0 Å². The van der Waals surface area contributed by atoms with E-state index in [4.69, 9.17) is 10.9 Å². The molecule has 1 unspecified atom stereocenters. The first-order chi connectivity index (χ1) is 7.95. The number of likely N-dealkylation sites (N-methyl/N-ethyl adjacent to an activating group) is 1. The van der Waals surface area contributed by atoms with E-state index in [-0.39, 0.29) is 11.5 Å². The van der Waals surface area contributed by atoms with Gasteiger partial charge in [0.2, 0.25) is 10.0 Å². The average molecular weight is 259 g/mol. The van der Waals surface area contributed by atoms with Gasteiger partial charge in [-0.25, -0.2) is 8.42 Å². The normalized spacial score (nSPS) is 13.7. The van der Waals surface area contributed by atoms with Crippen LogP contribution in [0.5, 0.6) is 0 Å². The first kappa shape index (κ1) is 13.9. The second-order valence-corrected chi connectivity index (χ2v) is 5.66. The number of para-hydroxylation sites is 1. The van der Waals surface area contributed by atoms with Crippen molar-refractivity contribution in [2.45, 2.75) is 17.9 Å². The summed E-state index contributed by atoms with van der Waals surface area (Å²) in [7, 11) is -2.24. The first-order valence-corrected chi connectivity index (χ1v) is 6.53. The maximum atomic E-state index is 12.2. The molecule has 1 rings (SSSR count). The highest BCUT2D eigenvalue weighted by Gasteiger charge is 2.26. The van der Waals surface area contributed by atoms with E-state index in [1.807, 2.05) is 0 Å². The Morgan fingerprint density at radius 3 is 2.59 bits per heavy atom. The Hall–Kier alpha value is -1.15. The number of sulfonamides is 1. The number of benzene rings is 1. The number of anilines is 1. The molecular formula is C10H17N3O3S. The van der Waals surface area contributed by atoms with Gasteiger partial charge in [0.1, 0.15) is 4.90 Å². The molecule has 0 aliphatic rings. The van der Waals surface area contributed by atoms with E-state index in [1.54, 1.807) is 25.1 Å². The molecule has 0 heterocycles. The van der Waals surface area contributed by atoms with E-state index in [2.05, 4.69) is 5.43 Å². The molecule has 17 heavy (non-hydrogen) atoms. The topological polar surface area (TPSA) is 95.7 Å². The lowest BCUT2D eigenvalue weighted by atomic mass is 10.3. The Morgan fingerprint density at radius 1 is 1.47 bits per heavy atom. The lowest BCUT2D eigenvalue weighted by Crippen LogP contribution is -2.37. The highest BCUT2D eigenvalue weighted by Crippen LogP contribution is 2.23. The molecule has 4 N–H and O–H groups in total. The number of hydrogen-bond donors (Lipinski definition) is 3. The van der Waals surface area contributed by atoms with Crippen molar-refractivity contribution in [2.75, 3.05) is 19.1 Å². The number of nitrogens with zero attached hydrogens (tertiary/aromatic N) is 1. The van der Waals surface area contributed by atoms with E-state index in [0.717, 1.165) is 4.31 Å². The zero-order valence-corrected chi connectivity index (χ0v) is 10.6. The minimum atomic E-state index is -3.66. The smallest absolute Gasteiger partial charge is 0.245 e. The van der Waals surface area contributed by atoms with Gasteiger partial charge in [-0.3, -0.25) is 5.84 Å². The molecule has 6 nitrogen and oxygen atoms in total. The number of nitrogens with one attached hydrogen (secondary N) is 1. The predicted molar refractivity (Wildman–Crippen MR) is 65.7 cm³/mol. The maximum absolute atomic E-state index is 12.2. The first-order valence-electron chi connectivity index (χ1n) is 5.09. The highest BCUT2D eigenvalue weighted by molar-refractivity contribution is 7.89. The summed E-state index contributed by atoms with van der Waals surface area (Å²) in [5.74, 6) is 5.27. The van der Waals surface area contributed by atoms with Gasteiger partial charge in [0.25, 0.3) is 0 Å². The van der Waals surface area contributed by atoms with Crippen LogP contribution in [0.1, 0.15) is 6.92 Å². The third-order valence-corrected chi connectivity index (χ3v) is 4.61. The number of hydrazine groups is 1. The Labute approximate surface area is 101 Å². The molecule has 0 saturated heterocycles. The van der Waals surface area contributed by atoms with Crippen molar-refractivity contribution in [3.63, 3.8) is 0 Å². The van der Waals surface area contributed by atoms with Gasteiger partial charge < -0.3 is 10.5 Å². The zero-order chi connectivity index (χ0) is 13.1. The molecule has 7 heteroatoms. The Balaban J connectivity index is 3.22. The van der Waals surface area contributed by atoms with Gasteiger partial charge in [-0.15, -0.1) is 0 Å². The molecule has 0 fully saturated rings. The summed E-state index contributed by atoms with van der Waals surface area (Å²) in [4.78, 5) is 0.0882. The summed E-state index contributed by atoms with van der Waals surface area (Å²) in [5.41, 5.74) is 2.67. The van der Waals surface area contributed by atoms with E-state index in [9.17, 15) is 8.42 Å². The van der Waals surface area contributed by atoms with Crippen LogP contribution >= 0.6 is 0 Å². The van der Waals surface area contributed by atoms with Crippen LogP contribution in [0.4, 0.5) is 5.69 Å². The third-order valence-electron chi connectivity index (χ3n) is 2.58. The molecule has 0 aromatic heterocycles. The second-order valence-electron chi connectivity index (χ2n) is 3.69. The number of aliphatic hydroxyl groups is 1.